The second kappa shape index (κ2) is 12.2. The predicted octanol–water partition coefficient (Wildman–Crippen LogP) is 3.99. The largest absolute Gasteiger partial charge is 0.494 e. The van der Waals surface area contributed by atoms with Crippen molar-refractivity contribution in [2.24, 2.45) is 0 Å². The molecule has 1 unspecified atom stereocenters. The smallest absolute Gasteiger partial charge is 0.335 e. The van der Waals surface area contributed by atoms with Crippen molar-refractivity contribution in [3.8, 4) is 11.5 Å². The number of hydrogen-bond donors (Lipinski definition) is 5. The Bertz CT molecular complexity index is 1230. The summed E-state index contributed by atoms with van der Waals surface area (Å²) in [5.41, 5.74) is 4.03. The van der Waals surface area contributed by atoms with E-state index in [4.69, 9.17) is 24.8 Å². The van der Waals surface area contributed by atoms with E-state index in [1.807, 2.05) is 6.92 Å². The van der Waals surface area contributed by atoms with Crippen LogP contribution in [0.2, 0.25) is 0 Å². The van der Waals surface area contributed by atoms with Crippen LogP contribution in [0, 0.1) is 5.41 Å². The fourth-order valence-electron chi connectivity index (χ4n) is 3.44. The lowest BCUT2D eigenvalue weighted by Crippen LogP contribution is -2.23. The van der Waals surface area contributed by atoms with Gasteiger partial charge in [-0.2, -0.15) is 0 Å². The number of amidine groups is 1. The average Bonchev–Trinajstić information content (AvgIpc) is 2.90. The van der Waals surface area contributed by atoms with Gasteiger partial charge in [-0.15, -0.1) is 0 Å². The van der Waals surface area contributed by atoms with Crippen LogP contribution in [0.15, 0.2) is 66.7 Å². The molecule has 3 aromatic carbocycles. The van der Waals surface area contributed by atoms with Gasteiger partial charge in [0, 0.05) is 16.8 Å². The number of aromatic carboxylic acids is 1. The maximum atomic E-state index is 12.8. The summed E-state index contributed by atoms with van der Waals surface area (Å²) in [6.07, 6.45) is 0. The number of carboxylic acids is 1. The number of hydroxylamine groups is 1. The summed E-state index contributed by atoms with van der Waals surface area (Å²) in [7, 11) is 1.28. The number of benzene rings is 3. The molecule has 3 aromatic rings. The Labute approximate surface area is 207 Å². The molecule has 10 nitrogen and oxygen atoms in total. The first-order valence-electron chi connectivity index (χ1n) is 11.0. The zero-order chi connectivity index (χ0) is 26.1. The topological polar surface area (TPSA) is 150 Å². The van der Waals surface area contributed by atoms with Crippen molar-refractivity contribution in [1.29, 1.82) is 5.41 Å². The van der Waals surface area contributed by atoms with E-state index in [-0.39, 0.29) is 18.0 Å². The predicted molar refractivity (Wildman–Crippen MR) is 132 cm³/mol. The van der Waals surface area contributed by atoms with Gasteiger partial charge in [-0.1, -0.05) is 12.1 Å². The molecule has 0 radical (unpaired) electrons. The maximum absolute atomic E-state index is 12.8. The van der Waals surface area contributed by atoms with Crippen LogP contribution in [0.3, 0.4) is 0 Å². The number of carbonyl (C=O) groups excluding carboxylic acids is 1. The molecule has 5 N–H and O–H groups in total. The Hall–Kier alpha value is -4.57. The number of rotatable bonds is 11. The third-order valence-electron chi connectivity index (χ3n) is 5.20. The van der Waals surface area contributed by atoms with E-state index >= 15 is 0 Å². The van der Waals surface area contributed by atoms with Crippen LogP contribution < -0.4 is 20.3 Å². The fraction of sp³-hybridized carbons (Fsp3) is 0.192. The minimum absolute atomic E-state index is 0.0704. The number of hydrogen-bond acceptors (Lipinski definition) is 8. The monoisotopic (exact) mass is 493 g/mol. The maximum Gasteiger partial charge on any atom is 0.335 e. The molecule has 1 atom stereocenters. The highest BCUT2D eigenvalue weighted by atomic mass is 16.5. The van der Waals surface area contributed by atoms with Gasteiger partial charge in [-0.25, -0.2) is 9.59 Å². The van der Waals surface area contributed by atoms with Crippen LogP contribution in [0.5, 0.6) is 11.5 Å². The van der Waals surface area contributed by atoms with Crippen LogP contribution in [0.1, 0.15) is 40.0 Å². The number of ether oxygens (including phenoxy) is 3. The molecule has 0 saturated heterocycles. The van der Waals surface area contributed by atoms with E-state index in [1.165, 1.54) is 19.2 Å². The van der Waals surface area contributed by atoms with Gasteiger partial charge in [0.15, 0.2) is 6.04 Å². The lowest BCUT2D eigenvalue weighted by Gasteiger charge is -2.22. The van der Waals surface area contributed by atoms with E-state index in [0.29, 0.717) is 40.5 Å². The first-order valence-corrected chi connectivity index (χ1v) is 11.0. The third kappa shape index (κ3) is 6.51. The molecule has 0 amide bonds. The fourth-order valence-corrected chi connectivity index (χ4v) is 3.44. The zero-order valence-electron chi connectivity index (χ0n) is 19.8. The van der Waals surface area contributed by atoms with Crippen LogP contribution in [-0.4, -0.2) is 41.8 Å². The quantitative estimate of drug-likeness (QED) is 0.116. The minimum atomic E-state index is -1.04. The zero-order valence-corrected chi connectivity index (χ0v) is 19.8. The Balaban J connectivity index is 1.93. The summed E-state index contributed by atoms with van der Waals surface area (Å²) in [4.78, 5) is 24.1. The Morgan fingerprint density at radius 3 is 2.39 bits per heavy atom. The Kier molecular flexibility index (Phi) is 8.84. The van der Waals surface area contributed by atoms with Crippen molar-refractivity contribution in [3.05, 3.63) is 89.0 Å². The Morgan fingerprint density at radius 2 is 1.75 bits per heavy atom. The van der Waals surface area contributed by atoms with Gasteiger partial charge in [-0.05, 0) is 67.1 Å². The molecule has 0 aliphatic rings. The van der Waals surface area contributed by atoms with Gasteiger partial charge in [0.1, 0.15) is 23.9 Å². The molecule has 188 valence electrons. The second-order valence-electron chi connectivity index (χ2n) is 7.59. The van der Waals surface area contributed by atoms with Crippen molar-refractivity contribution < 1.29 is 34.1 Å². The standard InChI is InChI=1S/C26H27N3O7/c1-3-35-20-11-12-22(36-15-16-5-4-6-18(13-16)25(30)31)21(14-20)23(26(32)34-2)28-19-9-7-17(8-10-19)24(27)29-33/h4-14,23,28,33H,3,15H2,1-2H3,(H2,27,29)(H,30,31). The molecule has 0 fully saturated rings. The van der Waals surface area contributed by atoms with Gasteiger partial charge < -0.3 is 24.6 Å². The summed E-state index contributed by atoms with van der Waals surface area (Å²) >= 11 is 0. The van der Waals surface area contributed by atoms with Gasteiger partial charge in [0.2, 0.25) is 0 Å². The van der Waals surface area contributed by atoms with Crippen molar-refractivity contribution >= 4 is 23.5 Å². The SMILES string of the molecule is CCOc1ccc(OCc2cccc(C(=O)O)c2)c(C(Nc2ccc(C(=N)NO)cc2)C(=O)OC)c1. The number of carbonyl (C=O) groups is 2. The molecule has 0 spiro atoms. The average molecular weight is 494 g/mol. The number of esters is 1. The van der Waals surface area contributed by atoms with E-state index in [9.17, 15) is 14.7 Å². The first kappa shape index (κ1) is 26.0. The number of nitrogens with one attached hydrogen (secondary N) is 3. The lowest BCUT2D eigenvalue weighted by molar-refractivity contribution is -0.141. The number of anilines is 1. The van der Waals surface area contributed by atoms with Crippen LogP contribution in [0.25, 0.3) is 0 Å². The van der Waals surface area contributed by atoms with Crippen molar-refractivity contribution in [2.75, 3.05) is 19.0 Å². The molecule has 3 rings (SSSR count). The van der Waals surface area contributed by atoms with Crippen LogP contribution in [0.4, 0.5) is 5.69 Å². The molecule has 0 aliphatic carbocycles. The highest BCUT2D eigenvalue weighted by molar-refractivity contribution is 5.95. The van der Waals surface area contributed by atoms with Crippen LogP contribution >= 0.6 is 0 Å². The first-order chi connectivity index (χ1) is 17.4. The van der Waals surface area contributed by atoms with Crippen molar-refractivity contribution in [2.45, 2.75) is 19.6 Å². The molecular formula is C26H27N3O7. The highest BCUT2D eigenvalue weighted by Gasteiger charge is 2.26. The summed E-state index contributed by atoms with van der Waals surface area (Å²) in [5.74, 6) is -0.871. The van der Waals surface area contributed by atoms with Crippen molar-refractivity contribution in [1.82, 2.24) is 5.48 Å². The van der Waals surface area contributed by atoms with E-state index < -0.39 is 18.0 Å². The third-order valence-corrected chi connectivity index (χ3v) is 5.20. The van der Waals surface area contributed by atoms with Gasteiger partial charge in [-0.3, -0.25) is 16.1 Å². The molecule has 36 heavy (non-hydrogen) atoms. The molecule has 0 bridgehead atoms. The molecule has 0 aromatic heterocycles. The number of carboxylic acid groups (broad SMARTS) is 1. The van der Waals surface area contributed by atoms with Crippen molar-refractivity contribution in [3.63, 3.8) is 0 Å². The van der Waals surface area contributed by atoms with Gasteiger partial charge in [0.25, 0.3) is 0 Å². The lowest BCUT2D eigenvalue weighted by atomic mass is 10.0. The number of methoxy groups -OCH3 is 1. The highest BCUT2D eigenvalue weighted by Crippen LogP contribution is 2.33. The van der Waals surface area contributed by atoms with E-state index in [1.54, 1.807) is 60.1 Å². The Morgan fingerprint density at radius 1 is 1.00 bits per heavy atom. The normalized spacial score (nSPS) is 11.2. The van der Waals surface area contributed by atoms with E-state index in [2.05, 4.69) is 5.32 Å². The summed E-state index contributed by atoms with van der Waals surface area (Å²) in [6, 6.07) is 17.0. The van der Waals surface area contributed by atoms with Gasteiger partial charge >= 0.3 is 11.9 Å². The summed E-state index contributed by atoms with van der Waals surface area (Å²) < 4.78 is 16.7. The van der Waals surface area contributed by atoms with Crippen LogP contribution in [-0.2, 0) is 16.1 Å². The molecule has 0 saturated carbocycles. The summed E-state index contributed by atoms with van der Waals surface area (Å²) in [5, 5.41) is 28.9. The second-order valence-corrected chi connectivity index (χ2v) is 7.59. The van der Waals surface area contributed by atoms with E-state index in [0.717, 1.165) is 0 Å². The minimum Gasteiger partial charge on any atom is -0.494 e. The molecular weight excluding hydrogens is 466 g/mol. The molecule has 0 aliphatic heterocycles. The summed E-state index contributed by atoms with van der Waals surface area (Å²) in [6.45, 7) is 2.33. The molecule has 10 heteroatoms. The van der Waals surface area contributed by atoms with Gasteiger partial charge in [0.05, 0.1) is 19.3 Å². The molecule has 0 heterocycles.